The standard InChI is InChI=1S/C14H26N2O2/c1-2-4-11-5-3-7-16(8-6-11)14(17)12-9-18-10-13(12)15/h11-13H,2-10,15H2,1H3. The van der Waals surface area contributed by atoms with E-state index in [1.165, 1.54) is 19.3 Å². The molecule has 1 amide bonds. The Kier molecular flexibility index (Phi) is 5.01. The SMILES string of the molecule is CCCC1CCCN(C(=O)C2COCC2N)CC1. The molecule has 0 radical (unpaired) electrons. The second-order valence-corrected chi connectivity index (χ2v) is 5.72. The van der Waals surface area contributed by atoms with Crippen LogP contribution >= 0.6 is 0 Å². The van der Waals surface area contributed by atoms with Crippen LogP contribution in [0.25, 0.3) is 0 Å². The van der Waals surface area contributed by atoms with Gasteiger partial charge in [0.25, 0.3) is 0 Å². The number of carbonyl (C=O) groups is 1. The van der Waals surface area contributed by atoms with Crippen molar-refractivity contribution in [3.8, 4) is 0 Å². The van der Waals surface area contributed by atoms with Crippen molar-refractivity contribution in [1.82, 2.24) is 4.90 Å². The maximum Gasteiger partial charge on any atom is 0.229 e. The van der Waals surface area contributed by atoms with E-state index in [1.54, 1.807) is 0 Å². The summed E-state index contributed by atoms with van der Waals surface area (Å²) in [7, 11) is 0. The average Bonchev–Trinajstić information content (AvgIpc) is 2.64. The summed E-state index contributed by atoms with van der Waals surface area (Å²) in [6.07, 6.45) is 6.11. The zero-order valence-corrected chi connectivity index (χ0v) is 11.4. The molecule has 0 saturated carbocycles. The topological polar surface area (TPSA) is 55.6 Å². The molecule has 2 saturated heterocycles. The van der Waals surface area contributed by atoms with Crippen molar-refractivity contribution in [3.63, 3.8) is 0 Å². The third kappa shape index (κ3) is 3.23. The Hall–Kier alpha value is -0.610. The highest BCUT2D eigenvalue weighted by atomic mass is 16.5. The van der Waals surface area contributed by atoms with Gasteiger partial charge in [0, 0.05) is 19.1 Å². The summed E-state index contributed by atoms with van der Waals surface area (Å²) in [5, 5.41) is 0. The van der Waals surface area contributed by atoms with E-state index in [4.69, 9.17) is 10.5 Å². The van der Waals surface area contributed by atoms with E-state index < -0.39 is 0 Å². The highest BCUT2D eigenvalue weighted by Gasteiger charge is 2.34. The quantitative estimate of drug-likeness (QED) is 0.828. The zero-order chi connectivity index (χ0) is 13.0. The Labute approximate surface area is 110 Å². The third-order valence-electron chi connectivity index (χ3n) is 4.30. The predicted molar refractivity (Wildman–Crippen MR) is 71.1 cm³/mol. The molecule has 2 N–H and O–H groups in total. The third-order valence-corrected chi connectivity index (χ3v) is 4.30. The van der Waals surface area contributed by atoms with Crippen LogP contribution in [0.15, 0.2) is 0 Å². The molecule has 0 aromatic rings. The molecule has 2 fully saturated rings. The molecule has 4 heteroatoms. The van der Waals surface area contributed by atoms with Gasteiger partial charge in [-0.05, 0) is 25.2 Å². The molecular formula is C14H26N2O2. The normalized spacial score (nSPS) is 33.4. The fourth-order valence-corrected chi connectivity index (χ4v) is 3.14. The largest absolute Gasteiger partial charge is 0.379 e. The highest BCUT2D eigenvalue weighted by molar-refractivity contribution is 5.80. The molecule has 4 nitrogen and oxygen atoms in total. The Bertz CT molecular complexity index is 283. The summed E-state index contributed by atoms with van der Waals surface area (Å²) in [5.74, 6) is 0.922. The van der Waals surface area contributed by atoms with E-state index >= 15 is 0 Å². The van der Waals surface area contributed by atoms with Crippen molar-refractivity contribution < 1.29 is 9.53 Å². The summed E-state index contributed by atoms with van der Waals surface area (Å²) in [6.45, 7) is 5.09. The van der Waals surface area contributed by atoms with E-state index in [0.717, 1.165) is 31.8 Å². The van der Waals surface area contributed by atoms with Gasteiger partial charge in [0.2, 0.25) is 5.91 Å². The monoisotopic (exact) mass is 254 g/mol. The lowest BCUT2D eigenvalue weighted by atomic mass is 9.96. The lowest BCUT2D eigenvalue weighted by molar-refractivity contribution is -0.135. The molecular weight excluding hydrogens is 228 g/mol. The number of nitrogens with zero attached hydrogens (tertiary/aromatic N) is 1. The molecule has 0 aromatic heterocycles. The van der Waals surface area contributed by atoms with Crippen LogP contribution < -0.4 is 5.73 Å². The first kappa shape index (κ1) is 13.8. The van der Waals surface area contributed by atoms with Gasteiger partial charge in [0.15, 0.2) is 0 Å². The summed E-state index contributed by atoms with van der Waals surface area (Å²) >= 11 is 0. The minimum absolute atomic E-state index is 0.104. The molecule has 2 aliphatic heterocycles. The number of rotatable bonds is 3. The van der Waals surface area contributed by atoms with E-state index in [1.807, 2.05) is 4.90 Å². The van der Waals surface area contributed by atoms with E-state index in [9.17, 15) is 4.79 Å². The van der Waals surface area contributed by atoms with Gasteiger partial charge in [0.05, 0.1) is 19.1 Å². The van der Waals surface area contributed by atoms with Crippen molar-refractivity contribution in [3.05, 3.63) is 0 Å². The number of hydrogen-bond donors (Lipinski definition) is 1. The van der Waals surface area contributed by atoms with Gasteiger partial charge in [-0.2, -0.15) is 0 Å². The number of ether oxygens (including phenoxy) is 1. The van der Waals surface area contributed by atoms with Gasteiger partial charge >= 0.3 is 0 Å². The molecule has 0 spiro atoms. The zero-order valence-electron chi connectivity index (χ0n) is 11.4. The fourth-order valence-electron chi connectivity index (χ4n) is 3.14. The first-order valence-electron chi connectivity index (χ1n) is 7.34. The Morgan fingerprint density at radius 2 is 2.17 bits per heavy atom. The van der Waals surface area contributed by atoms with Crippen LogP contribution in [0.2, 0.25) is 0 Å². The lowest BCUT2D eigenvalue weighted by Gasteiger charge is -2.25. The first-order chi connectivity index (χ1) is 8.72. The van der Waals surface area contributed by atoms with E-state index in [-0.39, 0.29) is 17.9 Å². The van der Waals surface area contributed by atoms with Gasteiger partial charge in [-0.3, -0.25) is 4.79 Å². The molecule has 0 aromatic carbocycles. The summed E-state index contributed by atoms with van der Waals surface area (Å²) < 4.78 is 5.30. The van der Waals surface area contributed by atoms with Crippen molar-refractivity contribution in [2.45, 2.75) is 45.1 Å². The van der Waals surface area contributed by atoms with Crippen LogP contribution in [0, 0.1) is 11.8 Å². The Balaban J connectivity index is 1.87. The maximum absolute atomic E-state index is 12.4. The highest BCUT2D eigenvalue weighted by Crippen LogP contribution is 2.24. The minimum Gasteiger partial charge on any atom is -0.379 e. The summed E-state index contributed by atoms with van der Waals surface area (Å²) in [5.41, 5.74) is 5.93. The first-order valence-corrected chi connectivity index (χ1v) is 7.34. The van der Waals surface area contributed by atoms with Crippen molar-refractivity contribution in [1.29, 1.82) is 0 Å². The van der Waals surface area contributed by atoms with Crippen molar-refractivity contribution in [2.75, 3.05) is 26.3 Å². The molecule has 0 aliphatic carbocycles. The molecule has 104 valence electrons. The lowest BCUT2D eigenvalue weighted by Crippen LogP contribution is -2.44. The Morgan fingerprint density at radius 3 is 2.83 bits per heavy atom. The molecule has 0 bridgehead atoms. The van der Waals surface area contributed by atoms with Gasteiger partial charge in [0.1, 0.15) is 0 Å². The van der Waals surface area contributed by atoms with Crippen LogP contribution in [0.1, 0.15) is 39.0 Å². The minimum atomic E-state index is -0.104. The summed E-state index contributed by atoms with van der Waals surface area (Å²) in [6, 6.07) is -0.104. The number of nitrogens with two attached hydrogens (primary N) is 1. The number of carbonyl (C=O) groups excluding carboxylic acids is 1. The van der Waals surface area contributed by atoms with Crippen LogP contribution in [-0.2, 0) is 9.53 Å². The molecule has 2 heterocycles. The molecule has 3 unspecified atom stereocenters. The van der Waals surface area contributed by atoms with Crippen LogP contribution in [0.5, 0.6) is 0 Å². The maximum atomic E-state index is 12.4. The van der Waals surface area contributed by atoms with Crippen molar-refractivity contribution in [2.24, 2.45) is 17.6 Å². The van der Waals surface area contributed by atoms with Gasteiger partial charge in [-0.1, -0.05) is 19.8 Å². The smallest absolute Gasteiger partial charge is 0.229 e. The van der Waals surface area contributed by atoms with Crippen molar-refractivity contribution >= 4 is 5.91 Å². The van der Waals surface area contributed by atoms with Crippen LogP contribution in [-0.4, -0.2) is 43.2 Å². The number of amides is 1. The number of likely N-dealkylation sites (tertiary alicyclic amines) is 1. The van der Waals surface area contributed by atoms with Gasteiger partial charge in [-0.25, -0.2) is 0 Å². The van der Waals surface area contributed by atoms with Crippen LogP contribution in [0.4, 0.5) is 0 Å². The Morgan fingerprint density at radius 1 is 1.33 bits per heavy atom. The summed E-state index contributed by atoms with van der Waals surface area (Å²) in [4.78, 5) is 14.4. The molecule has 18 heavy (non-hydrogen) atoms. The van der Waals surface area contributed by atoms with Gasteiger partial charge in [-0.15, -0.1) is 0 Å². The van der Waals surface area contributed by atoms with Gasteiger partial charge < -0.3 is 15.4 Å². The fraction of sp³-hybridized carbons (Fsp3) is 0.929. The molecule has 2 aliphatic rings. The van der Waals surface area contributed by atoms with E-state index in [2.05, 4.69) is 6.92 Å². The van der Waals surface area contributed by atoms with Crippen LogP contribution in [0.3, 0.4) is 0 Å². The second kappa shape index (κ2) is 6.53. The molecule has 2 rings (SSSR count). The number of hydrogen-bond acceptors (Lipinski definition) is 3. The van der Waals surface area contributed by atoms with E-state index in [0.29, 0.717) is 13.2 Å². The molecule has 3 atom stereocenters. The second-order valence-electron chi connectivity index (χ2n) is 5.72. The average molecular weight is 254 g/mol. The predicted octanol–water partition coefficient (Wildman–Crippen LogP) is 1.39.